The van der Waals surface area contributed by atoms with Crippen LogP contribution in [0.3, 0.4) is 0 Å². The zero-order valence-corrected chi connectivity index (χ0v) is 11.5. The van der Waals surface area contributed by atoms with Crippen LogP contribution in [0.25, 0.3) is 0 Å². The molecular weight excluding hydrogens is 243 g/mol. The van der Waals surface area contributed by atoms with Crippen molar-refractivity contribution in [2.75, 3.05) is 6.54 Å². The van der Waals surface area contributed by atoms with E-state index < -0.39 is 5.82 Å². The van der Waals surface area contributed by atoms with Gasteiger partial charge in [0.25, 0.3) is 5.91 Å². The Labute approximate surface area is 113 Å². The summed E-state index contributed by atoms with van der Waals surface area (Å²) in [4.78, 5) is 12.1. The first-order chi connectivity index (χ1) is 9.09. The van der Waals surface area contributed by atoms with Gasteiger partial charge in [0.05, 0.1) is 5.56 Å². The van der Waals surface area contributed by atoms with Crippen LogP contribution in [0.2, 0.25) is 0 Å². The minimum atomic E-state index is -0.427. The van der Waals surface area contributed by atoms with Crippen molar-refractivity contribution in [1.29, 1.82) is 0 Å². The van der Waals surface area contributed by atoms with Gasteiger partial charge < -0.3 is 10.6 Å². The highest BCUT2D eigenvalue weighted by Crippen LogP contribution is 2.14. The number of halogens is 1. The van der Waals surface area contributed by atoms with Gasteiger partial charge in [0.2, 0.25) is 0 Å². The number of carbonyl (C=O) groups is 1. The third-order valence-electron chi connectivity index (χ3n) is 3.75. The molecule has 0 aromatic heterocycles. The lowest BCUT2D eigenvalue weighted by Gasteiger charge is -2.29. The molecule has 0 radical (unpaired) electrons. The normalized spacial score (nSPS) is 20.9. The molecule has 3 nitrogen and oxygen atoms in total. The Kier molecular flexibility index (Phi) is 4.53. The highest BCUT2D eigenvalue weighted by Gasteiger charge is 2.22. The van der Waals surface area contributed by atoms with E-state index in [0.717, 1.165) is 13.0 Å². The van der Waals surface area contributed by atoms with E-state index in [0.29, 0.717) is 5.56 Å². The van der Waals surface area contributed by atoms with Crippen LogP contribution in [-0.2, 0) is 0 Å². The fourth-order valence-corrected chi connectivity index (χ4v) is 2.51. The molecule has 2 unspecified atom stereocenters. The quantitative estimate of drug-likeness (QED) is 0.880. The Morgan fingerprint density at radius 1 is 1.47 bits per heavy atom. The third kappa shape index (κ3) is 3.32. The van der Waals surface area contributed by atoms with E-state index in [4.69, 9.17) is 0 Å². The summed E-state index contributed by atoms with van der Waals surface area (Å²) in [7, 11) is 0. The molecule has 1 aromatic rings. The monoisotopic (exact) mass is 264 g/mol. The lowest BCUT2D eigenvalue weighted by molar-refractivity contribution is 0.0924. The van der Waals surface area contributed by atoms with Crippen molar-refractivity contribution in [2.45, 2.75) is 45.2 Å². The maximum Gasteiger partial charge on any atom is 0.254 e. The summed E-state index contributed by atoms with van der Waals surface area (Å²) in [5, 5.41) is 6.29. The maximum absolute atomic E-state index is 13.9. The van der Waals surface area contributed by atoms with Crippen LogP contribution < -0.4 is 10.6 Å². The fourth-order valence-electron chi connectivity index (χ4n) is 2.51. The Bertz CT molecular complexity index is 455. The minimum Gasteiger partial charge on any atom is -0.348 e. The van der Waals surface area contributed by atoms with Gasteiger partial charge in [0.15, 0.2) is 0 Å². The Balaban J connectivity index is 2.02. The molecule has 1 aromatic carbocycles. The summed E-state index contributed by atoms with van der Waals surface area (Å²) >= 11 is 0. The molecule has 0 aliphatic carbocycles. The second-order valence-corrected chi connectivity index (χ2v) is 5.25. The third-order valence-corrected chi connectivity index (χ3v) is 3.75. The zero-order chi connectivity index (χ0) is 13.8. The van der Waals surface area contributed by atoms with Gasteiger partial charge >= 0.3 is 0 Å². The second-order valence-electron chi connectivity index (χ2n) is 5.25. The molecule has 1 heterocycles. The summed E-state index contributed by atoms with van der Waals surface area (Å²) in [6, 6.07) is 5.19. The van der Waals surface area contributed by atoms with Crippen molar-refractivity contribution in [3.05, 3.63) is 35.1 Å². The average Bonchev–Trinajstić information content (AvgIpc) is 2.42. The Morgan fingerprint density at radius 3 is 2.95 bits per heavy atom. The molecule has 1 aliphatic rings. The van der Waals surface area contributed by atoms with Gasteiger partial charge in [0, 0.05) is 12.1 Å². The largest absolute Gasteiger partial charge is 0.348 e. The van der Waals surface area contributed by atoms with Crippen LogP contribution >= 0.6 is 0 Å². The van der Waals surface area contributed by atoms with E-state index in [1.54, 1.807) is 19.1 Å². The number of hydrogen-bond acceptors (Lipinski definition) is 2. The Morgan fingerprint density at radius 2 is 2.26 bits per heavy atom. The van der Waals surface area contributed by atoms with Crippen molar-refractivity contribution in [2.24, 2.45) is 0 Å². The van der Waals surface area contributed by atoms with Gasteiger partial charge in [-0.05, 0) is 44.9 Å². The van der Waals surface area contributed by atoms with E-state index in [1.807, 2.05) is 6.92 Å². The van der Waals surface area contributed by atoms with Crippen LogP contribution in [0.4, 0.5) is 4.39 Å². The number of aryl methyl sites for hydroxylation is 1. The zero-order valence-electron chi connectivity index (χ0n) is 11.5. The predicted molar refractivity (Wildman–Crippen MR) is 73.7 cm³/mol. The highest BCUT2D eigenvalue weighted by molar-refractivity contribution is 5.94. The first-order valence-electron chi connectivity index (χ1n) is 6.89. The number of amides is 1. The van der Waals surface area contributed by atoms with E-state index in [9.17, 15) is 9.18 Å². The molecule has 4 heteroatoms. The van der Waals surface area contributed by atoms with E-state index in [2.05, 4.69) is 10.6 Å². The van der Waals surface area contributed by atoms with Crippen LogP contribution in [0.15, 0.2) is 18.2 Å². The molecule has 0 bridgehead atoms. The molecule has 2 N–H and O–H groups in total. The van der Waals surface area contributed by atoms with Crippen molar-refractivity contribution in [1.82, 2.24) is 10.6 Å². The summed E-state index contributed by atoms with van der Waals surface area (Å²) in [6.45, 7) is 4.62. The van der Waals surface area contributed by atoms with Gasteiger partial charge in [-0.2, -0.15) is 0 Å². The lowest BCUT2D eigenvalue weighted by atomic mass is 9.98. The van der Waals surface area contributed by atoms with Crippen molar-refractivity contribution >= 4 is 5.91 Å². The number of carbonyl (C=O) groups excluding carboxylic acids is 1. The molecule has 0 saturated carbocycles. The lowest BCUT2D eigenvalue weighted by Crippen LogP contribution is -2.50. The molecule has 1 fully saturated rings. The average molecular weight is 264 g/mol. The number of hydrogen-bond donors (Lipinski definition) is 2. The van der Waals surface area contributed by atoms with Crippen LogP contribution in [0.1, 0.15) is 42.1 Å². The van der Waals surface area contributed by atoms with E-state index >= 15 is 0 Å². The van der Waals surface area contributed by atoms with Gasteiger partial charge in [0.1, 0.15) is 5.82 Å². The number of benzene rings is 1. The fraction of sp³-hybridized carbons (Fsp3) is 0.533. The van der Waals surface area contributed by atoms with Gasteiger partial charge in [-0.15, -0.1) is 0 Å². The summed E-state index contributed by atoms with van der Waals surface area (Å²) in [5.41, 5.74) is 0.624. The highest BCUT2D eigenvalue weighted by atomic mass is 19.1. The molecule has 1 saturated heterocycles. The number of piperidine rings is 1. The van der Waals surface area contributed by atoms with Crippen molar-refractivity contribution in [3.63, 3.8) is 0 Å². The topological polar surface area (TPSA) is 41.1 Å². The minimum absolute atomic E-state index is 0.00714. The number of nitrogens with one attached hydrogen (secondary N) is 2. The smallest absolute Gasteiger partial charge is 0.254 e. The molecule has 104 valence electrons. The summed E-state index contributed by atoms with van der Waals surface area (Å²) in [5.74, 6) is -0.759. The van der Waals surface area contributed by atoms with Gasteiger partial charge in [-0.25, -0.2) is 4.39 Å². The maximum atomic E-state index is 13.9. The predicted octanol–water partition coefficient (Wildman–Crippen LogP) is 2.39. The first-order valence-corrected chi connectivity index (χ1v) is 6.89. The van der Waals surface area contributed by atoms with Crippen molar-refractivity contribution in [3.8, 4) is 0 Å². The van der Waals surface area contributed by atoms with Crippen molar-refractivity contribution < 1.29 is 9.18 Å². The summed E-state index contributed by atoms with van der Waals surface area (Å²) < 4.78 is 13.9. The standard InChI is InChI=1S/C15H21FN2O/c1-10-6-5-7-12(14(10)16)15(19)18-11(2)13-8-3-4-9-17-13/h5-7,11,13,17H,3-4,8-9H2,1-2H3,(H,18,19). The Hall–Kier alpha value is -1.42. The van der Waals surface area contributed by atoms with Crippen LogP contribution in [-0.4, -0.2) is 24.5 Å². The molecule has 0 spiro atoms. The SMILES string of the molecule is Cc1cccc(C(=O)NC(C)C2CCCCN2)c1F. The van der Waals surface area contributed by atoms with Crippen LogP contribution in [0.5, 0.6) is 0 Å². The molecule has 1 amide bonds. The van der Waals surface area contributed by atoms with E-state index in [-0.39, 0.29) is 23.6 Å². The summed E-state index contributed by atoms with van der Waals surface area (Å²) in [6.07, 6.45) is 3.41. The first kappa shape index (κ1) is 14.0. The molecule has 1 aliphatic heterocycles. The van der Waals surface area contributed by atoms with Gasteiger partial charge in [-0.1, -0.05) is 18.6 Å². The molecule has 19 heavy (non-hydrogen) atoms. The molecule has 2 rings (SSSR count). The second kappa shape index (κ2) is 6.15. The van der Waals surface area contributed by atoms with Crippen LogP contribution in [0, 0.1) is 12.7 Å². The number of rotatable bonds is 3. The van der Waals surface area contributed by atoms with Gasteiger partial charge in [-0.3, -0.25) is 4.79 Å². The molecule has 2 atom stereocenters. The van der Waals surface area contributed by atoms with E-state index in [1.165, 1.54) is 18.9 Å². The molecular formula is C15H21FN2O.